The van der Waals surface area contributed by atoms with E-state index in [2.05, 4.69) is 22.5 Å². The molecule has 1 fully saturated rings. The molecule has 0 unspecified atom stereocenters. The molecular formula is C15H19BrN2O2S. The second-order valence-electron chi connectivity index (χ2n) is 5.14. The molecule has 0 N–H and O–H groups in total. The number of rotatable bonds is 4. The summed E-state index contributed by atoms with van der Waals surface area (Å²) in [7, 11) is 0. The van der Waals surface area contributed by atoms with E-state index < -0.39 is 0 Å². The Kier molecular flexibility index (Phi) is 5.58. The summed E-state index contributed by atoms with van der Waals surface area (Å²) in [5, 5.41) is 2.02. The Balaban J connectivity index is 1.87. The number of piperazine rings is 1. The van der Waals surface area contributed by atoms with E-state index in [0.717, 1.165) is 10.2 Å². The highest BCUT2D eigenvalue weighted by molar-refractivity contribution is 9.11. The summed E-state index contributed by atoms with van der Waals surface area (Å²) in [6.07, 6.45) is 2.59. The fourth-order valence-corrected chi connectivity index (χ4v) is 3.87. The average Bonchev–Trinajstić information content (AvgIpc) is 2.89. The second-order valence-corrected chi connectivity index (χ2v) is 7.38. The van der Waals surface area contributed by atoms with Gasteiger partial charge in [-0.3, -0.25) is 9.59 Å². The maximum atomic E-state index is 12.4. The van der Waals surface area contributed by atoms with Gasteiger partial charge in [0, 0.05) is 32.1 Å². The quantitative estimate of drug-likeness (QED) is 0.764. The van der Waals surface area contributed by atoms with E-state index >= 15 is 0 Å². The number of aryl methyl sites for hydroxylation is 1. The number of carbonyl (C=O) groups excluding carboxylic acids is 2. The molecule has 2 heterocycles. The van der Waals surface area contributed by atoms with Crippen molar-refractivity contribution in [1.29, 1.82) is 0 Å². The Labute approximate surface area is 137 Å². The molecule has 0 radical (unpaired) electrons. The lowest BCUT2D eigenvalue weighted by Crippen LogP contribution is -2.55. The van der Waals surface area contributed by atoms with Crippen molar-refractivity contribution in [2.24, 2.45) is 0 Å². The van der Waals surface area contributed by atoms with Gasteiger partial charge in [0.15, 0.2) is 0 Å². The van der Waals surface area contributed by atoms with Crippen LogP contribution in [0, 0.1) is 0 Å². The summed E-state index contributed by atoms with van der Waals surface area (Å²) >= 11 is 5.13. The zero-order chi connectivity index (χ0) is 15.4. The Morgan fingerprint density at radius 2 is 2.29 bits per heavy atom. The molecule has 4 nitrogen and oxygen atoms in total. The molecule has 1 atom stereocenters. The van der Waals surface area contributed by atoms with Crippen LogP contribution in [0.2, 0.25) is 0 Å². The minimum Gasteiger partial charge on any atom is -0.336 e. The van der Waals surface area contributed by atoms with Crippen LogP contribution in [0.4, 0.5) is 0 Å². The highest BCUT2D eigenvalue weighted by Gasteiger charge is 2.28. The van der Waals surface area contributed by atoms with Gasteiger partial charge in [0.05, 0.1) is 3.79 Å². The predicted octanol–water partition coefficient (Wildman–Crippen LogP) is 2.69. The van der Waals surface area contributed by atoms with Gasteiger partial charge >= 0.3 is 0 Å². The first kappa shape index (κ1) is 16.2. The molecule has 6 heteroatoms. The van der Waals surface area contributed by atoms with Crippen molar-refractivity contribution in [2.75, 3.05) is 19.6 Å². The van der Waals surface area contributed by atoms with Gasteiger partial charge in [-0.1, -0.05) is 6.58 Å². The van der Waals surface area contributed by atoms with Crippen LogP contribution in [-0.2, 0) is 16.0 Å². The number of amides is 2. The van der Waals surface area contributed by atoms with E-state index in [1.54, 1.807) is 16.2 Å². The van der Waals surface area contributed by atoms with Gasteiger partial charge in [0.25, 0.3) is 0 Å². The Morgan fingerprint density at radius 1 is 1.52 bits per heavy atom. The van der Waals surface area contributed by atoms with Crippen LogP contribution in [0.3, 0.4) is 0 Å². The number of hydrogen-bond acceptors (Lipinski definition) is 3. The number of thiophene rings is 1. The lowest BCUT2D eigenvalue weighted by molar-refractivity contribution is -0.140. The van der Waals surface area contributed by atoms with Gasteiger partial charge in [0.2, 0.25) is 11.8 Å². The zero-order valence-corrected chi connectivity index (χ0v) is 14.5. The first-order chi connectivity index (χ1) is 10.0. The summed E-state index contributed by atoms with van der Waals surface area (Å²) in [6, 6.07) is 2.10. The molecule has 0 aromatic carbocycles. The van der Waals surface area contributed by atoms with Gasteiger partial charge in [0.1, 0.15) is 0 Å². The van der Waals surface area contributed by atoms with Crippen molar-refractivity contribution in [3.63, 3.8) is 0 Å². The van der Waals surface area contributed by atoms with Crippen molar-refractivity contribution in [3.05, 3.63) is 33.5 Å². The molecule has 0 spiro atoms. The Morgan fingerprint density at radius 3 is 2.86 bits per heavy atom. The molecular weight excluding hydrogens is 352 g/mol. The second kappa shape index (κ2) is 7.22. The standard InChI is InChI=1S/C15H19BrN2O2S/c1-3-13(19)17-7-8-18(11(2)10-17)14(20)5-4-12-6-9-21-15(12)16/h3,6,9,11H,1,4-5,7-8,10H2,2H3/t11-/m0/s1. The molecule has 1 aliphatic rings. The fourth-order valence-electron chi connectivity index (χ4n) is 2.54. The lowest BCUT2D eigenvalue weighted by Gasteiger charge is -2.39. The van der Waals surface area contributed by atoms with Crippen molar-refractivity contribution in [3.8, 4) is 0 Å². The summed E-state index contributed by atoms with van der Waals surface area (Å²) < 4.78 is 1.10. The summed E-state index contributed by atoms with van der Waals surface area (Å²) in [5.41, 5.74) is 1.18. The van der Waals surface area contributed by atoms with Crippen LogP contribution in [0.5, 0.6) is 0 Å². The zero-order valence-electron chi connectivity index (χ0n) is 12.0. The van der Waals surface area contributed by atoms with Crippen molar-refractivity contribution in [2.45, 2.75) is 25.8 Å². The monoisotopic (exact) mass is 370 g/mol. The SMILES string of the molecule is C=CC(=O)N1CCN(C(=O)CCc2ccsc2Br)[C@@H](C)C1. The molecule has 1 saturated heterocycles. The molecule has 2 rings (SSSR count). The van der Waals surface area contributed by atoms with Gasteiger partial charge in [-0.15, -0.1) is 11.3 Å². The molecule has 0 bridgehead atoms. The highest BCUT2D eigenvalue weighted by Crippen LogP contribution is 2.25. The molecule has 1 aromatic rings. The Hall–Kier alpha value is -1.14. The highest BCUT2D eigenvalue weighted by atomic mass is 79.9. The maximum Gasteiger partial charge on any atom is 0.246 e. The van der Waals surface area contributed by atoms with Gasteiger partial charge in [-0.2, -0.15) is 0 Å². The topological polar surface area (TPSA) is 40.6 Å². The van der Waals surface area contributed by atoms with E-state index in [9.17, 15) is 9.59 Å². The van der Waals surface area contributed by atoms with E-state index in [4.69, 9.17) is 0 Å². The number of halogens is 1. The largest absolute Gasteiger partial charge is 0.336 e. The molecule has 2 amide bonds. The Bertz CT molecular complexity index is 544. The summed E-state index contributed by atoms with van der Waals surface area (Å²) in [6.45, 7) is 7.26. The summed E-state index contributed by atoms with van der Waals surface area (Å²) in [5.74, 6) is 0.0995. The van der Waals surface area contributed by atoms with Gasteiger partial charge in [-0.25, -0.2) is 0 Å². The van der Waals surface area contributed by atoms with E-state index in [0.29, 0.717) is 26.1 Å². The third-order valence-electron chi connectivity index (χ3n) is 3.74. The predicted molar refractivity (Wildman–Crippen MR) is 88.3 cm³/mol. The van der Waals surface area contributed by atoms with Crippen molar-refractivity contribution >= 4 is 39.1 Å². The van der Waals surface area contributed by atoms with E-state index in [1.807, 2.05) is 23.3 Å². The molecule has 0 saturated carbocycles. The van der Waals surface area contributed by atoms with Crippen LogP contribution in [0.15, 0.2) is 27.9 Å². The first-order valence-electron chi connectivity index (χ1n) is 6.95. The van der Waals surface area contributed by atoms with Crippen LogP contribution in [0.1, 0.15) is 18.9 Å². The molecule has 114 valence electrons. The number of carbonyl (C=O) groups is 2. The number of nitrogens with zero attached hydrogens (tertiary/aromatic N) is 2. The van der Waals surface area contributed by atoms with Gasteiger partial charge < -0.3 is 9.80 Å². The first-order valence-corrected chi connectivity index (χ1v) is 8.63. The third-order valence-corrected chi connectivity index (χ3v) is 5.55. The third kappa shape index (κ3) is 3.95. The van der Waals surface area contributed by atoms with E-state index in [-0.39, 0.29) is 17.9 Å². The smallest absolute Gasteiger partial charge is 0.246 e. The van der Waals surface area contributed by atoms with Crippen LogP contribution in [-0.4, -0.2) is 47.3 Å². The minimum atomic E-state index is -0.0591. The lowest BCUT2D eigenvalue weighted by atomic mass is 10.1. The number of hydrogen-bond donors (Lipinski definition) is 0. The van der Waals surface area contributed by atoms with E-state index in [1.165, 1.54) is 11.6 Å². The minimum absolute atomic E-state index is 0.0565. The van der Waals surface area contributed by atoms with Crippen LogP contribution in [0.25, 0.3) is 0 Å². The molecule has 1 aromatic heterocycles. The average molecular weight is 371 g/mol. The molecule has 1 aliphatic heterocycles. The van der Waals surface area contributed by atoms with Crippen LogP contribution < -0.4 is 0 Å². The van der Waals surface area contributed by atoms with Crippen molar-refractivity contribution in [1.82, 2.24) is 9.80 Å². The maximum absolute atomic E-state index is 12.4. The molecule has 21 heavy (non-hydrogen) atoms. The fraction of sp³-hybridized carbons (Fsp3) is 0.467. The van der Waals surface area contributed by atoms with Crippen molar-refractivity contribution < 1.29 is 9.59 Å². The van der Waals surface area contributed by atoms with Crippen LogP contribution >= 0.6 is 27.3 Å². The normalized spacial score (nSPS) is 18.7. The summed E-state index contributed by atoms with van der Waals surface area (Å²) in [4.78, 5) is 27.6. The van der Waals surface area contributed by atoms with Gasteiger partial charge in [-0.05, 0) is 52.4 Å². The molecule has 0 aliphatic carbocycles.